The van der Waals surface area contributed by atoms with Gasteiger partial charge >= 0.3 is 0 Å². The maximum Gasteiger partial charge on any atom is 0.269 e. The second kappa shape index (κ2) is 9.30. The van der Waals surface area contributed by atoms with Crippen molar-refractivity contribution in [1.29, 1.82) is 0 Å². The van der Waals surface area contributed by atoms with Crippen molar-refractivity contribution in [2.24, 2.45) is 0 Å². The Kier molecular flexibility index (Phi) is 6.74. The summed E-state index contributed by atoms with van der Waals surface area (Å²) in [6.45, 7) is 1.72. The van der Waals surface area contributed by atoms with Crippen LogP contribution in [0.1, 0.15) is 35.7 Å². The van der Waals surface area contributed by atoms with Gasteiger partial charge in [0.1, 0.15) is 10.9 Å². The molecule has 3 amide bonds. The Hall–Kier alpha value is -3.20. The SMILES string of the molecule is CC[C@H](C(=O)NC)N(Cc1ccccc1)C(=O)CCN1C(=O)c2ccccc2S1(=O)=O. The highest BCUT2D eigenvalue weighted by molar-refractivity contribution is 7.90. The molecule has 1 heterocycles. The lowest BCUT2D eigenvalue weighted by molar-refractivity contribution is -0.141. The van der Waals surface area contributed by atoms with Gasteiger partial charge in [0.2, 0.25) is 11.8 Å². The molecule has 2 aromatic rings. The number of benzene rings is 2. The Morgan fingerprint density at radius 2 is 1.71 bits per heavy atom. The fraction of sp³-hybridized carbons (Fsp3) is 0.318. The molecule has 0 saturated carbocycles. The molecule has 0 spiro atoms. The lowest BCUT2D eigenvalue weighted by Gasteiger charge is -2.30. The summed E-state index contributed by atoms with van der Waals surface area (Å²) in [4.78, 5) is 39.5. The Morgan fingerprint density at radius 3 is 2.32 bits per heavy atom. The number of amides is 3. The number of rotatable bonds is 8. The summed E-state index contributed by atoms with van der Waals surface area (Å²) in [5.74, 6) is -1.35. The maximum absolute atomic E-state index is 13.1. The molecule has 0 aromatic heterocycles. The molecule has 3 rings (SSSR count). The van der Waals surface area contributed by atoms with E-state index in [0.717, 1.165) is 9.87 Å². The van der Waals surface area contributed by atoms with Crippen LogP contribution in [-0.4, -0.2) is 55.0 Å². The van der Waals surface area contributed by atoms with E-state index in [1.54, 1.807) is 19.1 Å². The summed E-state index contributed by atoms with van der Waals surface area (Å²) < 4.78 is 26.2. The van der Waals surface area contributed by atoms with Gasteiger partial charge in [0, 0.05) is 26.6 Å². The Bertz CT molecular complexity index is 1090. The zero-order valence-electron chi connectivity index (χ0n) is 17.4. The Balaban J connectivity index is 1.81. The molecule has 8 nitrogen and oxygen atoms in total. The molecule has 0 bridgehead atoms. The standard InChI is InChI=1S/C22H25N3O5S/c1-3-18(21(27)23-2)24(15-16-9-5-4-6-10-16)20(26)13-14-25-22(28)17-11-7-8-12-19(17)31(25,29)30/h4-12,18H,3,13-15H2,1-2H3,(H,23,27)/t18-/m1/s1. The third-order valence-electron chi connectivity index (χ3n) is 5.27. The van der Waals surface area contributed by atoms with Gasteiger partial charge in [0.25, 0.3) is 15.9 Å². The second-order valence-electron chi connectivity index (χ2n) is 7.17. The monoisotopic (exact) mass is 443 g/mol. The van der Waals surface area contributed by atoms with Gasteiger partial charge in [-0.1, -0.05) is 49.4 Å². The Morgan fingerprint density at radius 1 is 1.06 bits per heavy atom. The molecule has 0 radical (unpaired) electrons. The minimum Gasteiger partial charge on any atom is -0.357 e. The normalized spacial score (nSPS) is 15.3. The van der Waals surface area contributed by atoms with E-state index in [1.807, 2.05) is 30.3 Å². The topological polar surface area (TPSA) is 104 Å². The summed E-state index contributed by atoms with van der Waals surface area (Å²) in [5.41, 5.74) is 0.948. The molecule has 1 atom stereocenters. The fourth-order valence-electron chi connectivity index (χ4n) is 3.66. The fourth-order valence-corrected chi connectivity index (χ4v) is 5.23. The van der Waals surface area contributed by atoms with E-state index < -0.39 is 27.9 Å². The second-order valence-corrected chi connectivity index (χ2v) is 9.00. The molecule has 31 heavy (non-hydrogen) atoms. The lowest BCUT2D eigenvalue weighted by Crippen LogP contribution is -2.49. The minimum absolute atomic E-state index is 0.0506. The summed E-state index contributed by atoms with van der Waals surface area (Å²) in [6.07, 6.45) is 0.171. The van der Waals surface area contributed by atoms with Crippen molar-refractivity contribution in [3.63, 3.8) is 0 Å². The molecule has 2 aromatic carbocycles. The number of likely N-dealkylation sites (N-methyl/N-ethyl adjacent to an activating group) is 1. The zero-order chi connectivity index (χ0) is 22.6. The van der Waals surface area contributed by atoms with Crippen LogP contribution in [0.5, 0.6) is 0 Å². The van der Waals surface area contributed by atoms with Crippen LogP contribution < -0.4 is 5.32 Å². The van der Waals surface area contributed by atoms with E-state index in [9.17, 15) is 22.8 Å². The van der Waals surface area contributed by atoms with E-state index in [1.165, 1.54) is 24.1 Å². The molecule has 0 aliphatic carbocycles. The van der Waals surface area contributed by atoms with Crippen LogP contribution in [0.2, 0.25) is 0 Å². The van der Waals surface area contributed by atoms with Crippen molar-refractivity contribution >= 4 is 27.7 Å². The molecule has 1 aliphatic rings. The number of nitrogens with zero attached hydrogens (tertiary/aromatic N) is 2. The van der Waals surface area contributed by atoms with Crippen LogP contribution in [-0.2, 0) is 26.2 Å². The van der Waals surface area contributed by atoms with E-state index in [0.29, 0.717) is 6.42 Å². The predicted octanol–water partition coefficient (Wildman–Crippen LogP) is 1.77. The molecule has 0 fully saturated rings. The third kappa shape index (κ3) is 4.46. The summed E-state index contributed by atoms with van der Waals surface area (Å²) >= 11 is 0. The molecule has 9 heteroatoms. The number of hydrogen-bond donors (Lipinski definition) is 1. The first-order chi connectivity index (χ1) is 14.8. The largest absolute Gasteiger partial charge is 0.357 e. The van der Waals surface area contributed by atoms with Gasteiger partial charge in [-0.3, -0.25) is 14.4 Å². The van der Waals surface area contributed by atoms with Crippen LogP contribution in [0.3, 0.4) is 0 Å². The summed E-state index contributed by atoms with van der Waals surface area (Å²) in [7, 11) is -2.49. The number of nitrogens with one attached hydrogen (secondary N) is 1. The van der Waals surface area contributed by atoms with Crippen molar-refractivity contribution in [2.45, 2.75) is 37.2 Å². The first kappa shape index (κ1) is 22.5. The van der Waals surface area contributed by atoms with Crippen LogP contribution >= 0.6 is 0 Å². The summed E-state index contributed by atoms with van der Waals surface area (Å²) in [5, 5.41) is 2.57. The third-order valence-corrected chi connectivity index (χ3v) is 7.11. The smallest absolute Gasteiger partial charge is 0.269 e. The molecule has 1 aliphatic heterocycles. The predicted molar refractivity (Wildman–Crippen MR) is 114 cm³/mol. The minimum atomic E-state index is -3.99. The van der Waals surface area contributed by atoms with Crippen molar-refractivity contribution in [3.8, 4) is 0 Å². The van der Waals surface area contributed by atoms with Crippen LogP contribution in [0.15, 0.2) is 59.5 Å². The van der Waals surface area contributed by atoms with Crippen LogP contribution in [0.25, 0.3) is 0 Å². The quantitative estimate of drug-likeness (QED) is 0.670. The number of fused-ring (bicyclic) bond motifs is 1. The van der Waals surface area contributed by atoms with Gasteiger partial charge in [0.05, 0.1) is 5.56 Å². The van der Waals surface area contributed by atoms with Crippen molar-refractivity contribution < 1.29 is 22.8 Å². The first-order valence-electron chi connectivity index (χ1n) is 10.0. The molecule has 0 saturated heterocycles. The number of sulfonamides is 1. The van der Waals surface area contributed by atoms with Gasteiger partial charge < -0.3 is 10.2 Å². The molecule has 1 N–H and O–H groups in total. The zero-order valence-corrected chi connectivity index (χ0v) is 18.3. The van der Waals surface area contributed by atoms with E-state index in [2.05, 4.69) is 5.32 Å². The van der Waals surface area contributed by atoms with Crippen molar-refractivity contribution in [2.75, 3.05) is 13.6 Å². The van der Waals surface area contributed by atoms with Gasteiger partial charge in [-0.2, -0.15) is 0 Å². The summed E-state index contributed by atoms with van der Waals surface area (Å²) in [6, 6.07) is 14.5. The molecular formula is C22H25N3O5S. The first-order valence-corrected chi connectivity index (χ1v) is 11.5. The van der Waals surface area contributed by atoms with E-state index >= 15 is 0 Å². The number of hydrogen-bond acceptors (Lipinski definition) is 5. The molecule has 164 valence electrons. The van der Waals surface area contributed by atoms with E-state index in [4.69, 9.17) is 0 Å². The highest BCUT2D eigenvalue weighted by atomic mass is 32.2. The van der Waals surface area contributed by atoms with Gasteiger partial charge in [-0.05, 0) is 24.1 Å². The average Bonchev–Trinajstić information content (AvgIpc) is 2.97. The Labute approximate surface area is 181 Å². The van der Waals surface area contributed by atoms with Crippen molar-refractivity contribution in [3.05, 3.63) is 65.7 Å². The van der Waals surface area contributed by atoms with Crippen molar-refractivity contribution in [1.82, 2.24) is 14.5 Å². The lowest BCUT2D eigenvalue weighted by atomic mass is 10.1. The van der Waals surface area contributed by atoms with Gasteiger partial charge in [-0.15, -0.1) is 0 Å². The highest BCUT2D eigenvalue weighted by Gasteiger charge is 2.41. The maximum atomic E-state index is 13.1. The highest BCUT2D eigenvalue weighted by Crippen LogP contribution is 2.30. The number of carbonyl (C=O) groups excluding carboxylic acids is 3. The average molecular weight is 444 g/mol. The van der Waals surface area contributed by atoms with Crippen LogP contribution in [0.4, 0.5) is 0 Å². The van der Waals surface area contributed by atoms with Gasteiger partial charge in [0.15, 0.2) is 0 Å². The van der Waals surface area contributed by atoms with Crippen LogP contribution in [0, 0.1) is 0 Å². The van der Waals surface area contributed by atoms with E-state index in [-0.39, 0.29) is 35.9 Å². The number of carbonyl (C=O) groups is 3. The molecule has 0 unspecified atom stereocenters. The molecular weight excluding hydrogens is 418 g/mol. The van der Waals surface area contributed by atoms with Gasteiger partial charge in [-0.25, -0.2) is 12.7 Å².